The lowest BCUT2D eigenvalue weighted by atomic mass is 10.2. The maximum atomic E-state index is 11.7. The van der Waals surface area contributed by atoms with Gasteiger partial charge in [-0.2, -0.15) is 0 Å². The van der Waals surface area contributed by atoms with Crippen LogP contribution in [0.1, 0.15) is 26.3 Å². The number of H-pyrrole nitrogens is 1. The van der Waals surface area contributed by atoms with Crippen LogP contribution in [0.2, 0.25) is 0 Å². The first-order valence-corrected chi connectivity index (χ1v) is 6.20. The number of aromatic nitrogens is 1. The number of amides is 1. The Kier molecular flexibility index (Phi) is 5.29. The number of esters is 1. The van der Waals surface area contributed by atoms with Gasteiger partial charge in [-0.05, 0) is 39.0 Å². The van der Waals surface area contributed by atoms with E-state index >= 15 is 0 Å². The summed E-state index contributed by atoms with van der Waals surface area (Å²) in [6.45, 7) is 5.07. The van der Waals surface area contributed by atoms with Crippen LogP contribution >= 0.6 is 0 Å². The number of aromatic amines is 1. The molecular weight excluding hydrogens is 276 g/mol. The Morgan fingerprint density at radius 3 is 2.52 bits per heavy atom. The number of hydrogen-bond donors (Lipinski definition) is 2. The molecule has 0 bridgehead atoms. The van der Waals surface area contributed by atoms with Gasteiger partial charge in [0.05, 0.1) is 7.11 Å². The van der Waals surface area contributed by atoms with Crippen LogP contribution in [0.15, 0.2) is 28.8 Å². The van der Waals surface area contributed by atoms with E-state index in [1.807, 2.05) is 0 Å². The fraction of sp³-hybridized carbons (Fsp3) is 0.357. The average molecular weight is 294 g/mol. The highest BCUT2D eigenvalue weighted by atomic mass is 16.6. The van der Waals surface area contributed by atoms with E-state index in [0.29, 0.717) is 0 Å². The summed E-state index contributed by atoms with van der Waals surface area (Å²) in [5.74, 6) is -0.788. The fourth-order valence-electron chi connectivity index (χ4n) is 1.37. The van der Waals surface area contributed by atoms with Crippen molar-refractivity contribution in [3.8, 4) is 0 Å². The number of ether oxygens (including phenoxy) is 2. The molecule has 1 heterocycles. The third kappa shape index (κ3) is 5.52. The Morgan fingerprint density at radius 1 is 1.33 bits per heavy atom. The van der Waals surface area contributed by atoms with Crippen molar-refractivity contribution in [2.75, 3.05) is 7.11 Å². The number of carbonyl (C=O) groups excluding carboxylic acids is 2. The van der Waals surface area contributed by atoms with Crippen molar-refractivity contribution in [1.82, 2.24) is 10.3 Å². The number of methoxy groups -OCH3 is 1. The summed E-state index contributed by atoms with van der Waals surface area (Å²) in [6.07, 6.45) is 1.86. The molecule has 0 atom stereocenters. The SMILES string of the molecule is COC(=O)/C(=C\c1ccc[nH]c1=O)NC(=O)OC(C)(C)C. The van der Waals surface area contributed by atoms with Crippen LogP contribution in [0.25, 0.3) is 6.08 Å². The van der Waals surface area contributed by atoms with E-state index < -0.39 is 23.2 Å². The molecule has 0 aliphatic heterocycles. The Balaban J connectivity index is 3.03. The van der Waals surface area contributed by atoms with Gasteiger partial charge in [-0.25, -0.2) is 9.59 Å². The van der Waals surface area contributed by atoms with Crippen molar-refractivity contribution >= 4 is 18.1 Å². The van der Waals surface area contributed by atoms with Crippen LogP contribution in [0.4, 0.5) is 4.79 Å². The molecular formula is C14H18N2O5. The summed E-state index contributed by atoms with van der Waals surface area (Å²) in [5.41, 5.74) is -1.10. The Morgan fingerprint density at radius 2 is 2.00 bits per heavy atom. The molecule has 2 N–H and O–H groups in total. The van der Waals surface area contributed by atoms with Crippen molar-refractivity contribution in [1.29, 1.82) is 0 Å². The largest absolute Gasteiger partial charge is 0.464 e. The van der Waals surface area contributed by atoms with Gasteiger partial charge in [-0.15, -0.1) is 0 Å². The average Bonchev–Trinajstić information content (AvgIpc) is 2.37. The van der Waals surface area contributed by atoms with Crippen LogP contribution in [0.3, 0.4) is 0 Å². The van der Waals surface area contributed by atoms with Crippen molar-refractivity contribution in [3.63, 3.8) is 0 Å². The summed E-state index contributed by atoms with van der Waals surface area (Å²) in [6, 6.07) is 3.09. The van der Waals surface area contributed by atoms with Crippen LogP contribution < -0.4 is 10.9 Å². The van der Waals surface area contributed by atoms with Crippen molar-refractivity contribution in [3.05, 3.63) is 39.9 Å². The molecule has 7 heteroatoms. The van der Waals surface area contributed by atoms with Crippen LogP contribution in [-0.2, 0) is 14.3 Å². The maximum Gasteiger partial charge on any atom is 0.412 e. The minimum Gasteiger partial charge on any atom is -0.464 e. The molecule has 1 aromatic rings. The standard InChI is InChI=1S/C14H18N2O5/c1-14(2,3)21-13(19)16-10(12(18)20-4)8-9-6-5-7-15-11(9)17/h5-8H,1-4H3,(H,15,17)(H,16,19)/b10-8+. The predicted molar refractivity (Wildman–Crippen MR) is 76.4 cm³/mol. The molecule has 1 amide bonds. The van der Waals surface area contributed by atoms with Gasteiger partial charge < -0.3 is 14.5 Å². The summed E-state index contributed by atoms with van der Waals surface area (Å²) < 4.78 is 9.61. The van der Waals surface area contributed by atoms with E-state index in [9.17, 15) is 14.4 Å². The molecule has 0 aliphatic carbocycles. The first kappa shape index (κ1) is 16.5. The monoisotopic (exact) mass is 294 g/mol. The molecule has 0 saturated carbocycles. The van der Waals surface area contributed by atoms with Gasteiger partial charge in [-0.1, -0.05) is 0 Å². The van der Waals surface area contributed by atoms with Gasteiger partial charge in [0.1, 0.15) is 11.3 Å². The molecule has 0 saturated heterocycles. The second kappa shape index (κ2) is 6.74. The van der Waals surface area contributed by atoms with Crippen molar-refractivity contribution in [2.45, 2.75) is 26.4 Å². The number of alkyl carbamates (subject to hydrolysis) is 1. The summed E-state index contributed by atoms with van der Waals surface area (Å²) >= 11 is 0. The zero-order valence-electron chi connectivity index (χ0n) is 12.4. The normalized spacial score (nSPS) is 11.7. The highest BCUT2D eigenvalue weighted by molar-refractivity contribution is 5.96. The Hall–Kier alpha value is -2.57. The van der Waals surface area contributed by atoms with E-state index in [2.05, 4.69) is 15.0 Å². The smallest absolute Gasteiger partial charge is 0.412 e. The highest BCUT2D eigenvalue weighted by Gasteiger charge is 2.20. The third-order valence-electron chi connectivity index (χ3n) is 2.19. The lowest BCUT2D eigenvalue weighted by molar-refractivity contribution is -0.136. The van der Waals surface area contributed by atoms with E-state index in [1.165, 1.54) is 25.4 Å². The Labute approximate surface area is 122 Å². The van der Waals surface area contributed by atoms with E-state index in [0.717, 1.165) is 0 Å². The van der Waals surface area contributed by atoms with Gasteiger partial charge in [0.15, 0.2) is 0 Å². The van der Waals surface area contributed by atoms with Gasteiger partial charge in [0, 0.05) is 11.8 Å². The van der Waals surface area contributed by atoms with E-state index in [-0.39, 0.29) is 11.3 Å². The lowest BCUT2D eigenvalue weighted by Crippen LogP contribution is -2.34. The zero-order chi connectivity index (χ0) is 16.0. The lowest BCUT2D eigenvalue weighted by Gasteiger charge is -2.20. The fourth-order valence-corrected chi connectivity index (χ4v) is 1.37. The van der Waals surface area contributed by atoms with Gasteiger partial charge >= 0.3 is 12.1 Å². The van der Waals surface area contributed by atoms with Crippen LogP contribution in [0.5, 0.6) is 0 Å². The Bertz CT molecular complexity index is 610. The quantitative estimate of drug-likeness (QED) is 0.649. The van der Waals surface area contributed by atoms with Crippen LogP contribution in [0, 0.1) is 0 Å². The first-order valence-electron chi connectivity index (χ1n) is 6.20. The third-order valence-corrected chi connectivity index (χ3v) is 2.19. The maximum absolute atomic E-state index is 11.7. The number of nitrogens with one attached hydrogen (secondary N) is 2. The topological polar surface area (TPSA) is 97.5 Å². The van der Waals surface area contributed by atoms with Gasteiger partial charge in [-0.3, -0.25) is 10.1 Å². The number of pyridine rings is 1. The minimum absolute atomic E-state index is 0.191. The number of hydrogen-bond acceptors (Lipinski definition) is 5. The highest BCUT2D eigenvalue weighted by Crippen LogP contribution is 2.08. The molecule has 1 rings (SSSR count). The number of rotatable bonds is 3. The minimum atomic E-state index is -0.813. The number of carbonyl (C=O) groups is 2. The molecule has 0 fully saturated rings. The summed E-state index contributed by atoms with van der Waals surface area (Å²) in [7, 11) is 1.17. The molecule has 0 unspecified atom stereocenters. The van der Waals surface area contributed by atoms with E-state index in [4.69, 9.17) is 4.74 Å². The first-order chi connectivity index (χ1) is 9.73. The second-order valence-corrected chi connectivity index (χ2v) is 5.13. The van der Waals surface area contributed by atoms with Gasteiger partial charge in [0.25, 0.3) is 5.56 Å². The van der Waals surface area contributed by atoms with E-state index in [1.54, 1.807) is 26.8 Å². The predicted octanol–water partition coefficient (Wildman–Crippen LogP) is 1.41. The molecule has 0 radical (unpaired) electrons. The van der Waals surface area contributed by atoms with Crippen molar-refractivity contribution < 1.29 is 19.1 Å². The molecule has 0 aromatic carbocycles. The molecule has 21 heavy (non-hydrogen) atoms. The van der Waals surface area contributed by atoms with Crippen molar-refractivity contribution in [2.24, 2.45) is 0 Å². The molecule has 1 aromatic heterocycles. The molecule has 0 spiro atoms. The summed E-state index contributed by atoms with van der Waals surface area (Å²) in [5, 5.41) is 2.27. The van der Waals surface area contributed by atoms with Crippen LogP contribution in [-0.4, -0.2) is 29.8 Å². The summed E-state index contributed by atoms with van der Waals surface area (Å²) in [4.78, 5) is 37.4. The zero-order valence-corrected chi connectivity index (χ0v) is 12.4. The second-order valence-electron chi connectivity index (χ2n) is 5.13. The molecule has 7 nitrogen and oxygen atoms in total. The molecule has 0 aliphatic rings. The van der Waals surface area contributed by atoms with Gasteiger partial charge in [0.2, 0.25) is 0 Å². The molecule has 114 valence electrons.